The zero-order chi connectivity index (χ0) is 16.0. The molecule has 21 heavy (non-hydrogen) atoms. The third kappa shape index (κ3) is 4.52. The Hall–Kier alpha value is -1.97. The molecule has 0 fully saturated rings. The maximum absolute atomic E-state index is 12.0. The van der Waals surface area contributed by atoms with E-state index in [-0.39, 0.29) is 10.5 Å². The molecule has 0 aliphatic rings. The topological polar surface area (TPSA) is 119 Å². The third-order valence-corrected chi connectivity index (χ3v) is 4.01. The molecule has 0 aromatic heterocycles. The summed E-state index contributed by atoms with van der Waals surface area (Å²) in [5.74, 6) is -1.96. The van der Waals surface area contributed by atoms with E-state index in [1.165, 1.54) is 25.3 Å². The van der Waals surface area contributed by atoms with Crippen LogP contribution in [0, 0.1) is 0 Å². The molecule has 1 aromatic rings. The Kier molecular flexibility index (Phi) is 5.82. The molecule has 0 aliphatic heterocycles. The van der Waals surface area contributed by atoms with Crippen LogP contribution in [-0.2, 0) is 24.3 Å². The molecule has 0 spiro atoms. The van der Waals surface area contributed by atoms with Crippen molar-refractivity contribution in [3.63, 3.8) is 0 Å². The number of carbonyl (C=O) groups excluding carboxylic acids is 1. The number of methoxy groups -OCH3 is 2. The standard InChI is InChI=1S/C12H15NO7S/c1-19-10(11(14)15)7-13-21(17,18)9-5-3-4-8(6-9)12(16)20-2/h3-6,10,13H,7H2,1-2H3,(H,14,15). The van der Waals surface area contributed by atoms with E-state index in [0.29, 0.717) is 0 Å². The number of hydrogen-bond acceptors (Lipinski definition) is 6. The summed E-state index contributed by atoms with van der Waals surface area (Å²) in [5.41, 5.74) is 0.0712. The van der Waals surface area contributed by atoms with Crippen LogP contribution in [0.25, 0.3) is 0 Å². The molecule has 116 valence electrons. The number of carbonyl (C=O) groups is 2. The maximum atomic E-state index is 12.0. The number of rotatable bonds is 7. The summed E-state index contributed by atoms with van der Waals surface area (Å²) >= 11 is 0. The van der Waals surface area contributed by atoms with Crippen molar-refractivity contribution in [2.75, 3.05) is 20.8 Å². The lowest BCUT2D eigenvalue weighted by Gasteiger charge is -2.12. The summed E-state index contributed by atoms with van der Waals surface area (Å²) in [6, 6.07) is 5.19. The number of hydrogen-bond donors (Lipinski definition) is 2. The lowest BCUT2D eigenvalue weighted by molar-refractivity contribution is -0.147. The lowest BCUT2D eigenvalue weighted by atomic mass is 10.2. The van der Waals surface area contributed by atoms with E-state index in [2.05, 4.69) is 14.2 Å². The van der Waals surface area contributed by atoms with Crippen LogP contribution in [0.15, 0.2) is 29.2 Å². The largest absolute Gasteiger partial charge is 0.479 e. The summed E-state index contributed by atoms with van der Waals surface area (Å²) in [4.78, 5) is 21.9. The molecular weight excluding hydrogens is 302 g/mol. The Bertz CT molecular complexity index is 626. The zero-order valence-electron chi connectivity index (χ0n) is 11.4. The van der Waals surface area contributed by atoms with Gasteiger partial charge in [0.2, 0.25) is 10.0 Å². The minimum absolute atomic E-state index is 0.0712. The molecule has 0 heterocycles. The van der Waals surface area contributed by atoms with Crippen LogP contribution in [0.2, 0.25) is 0 Å². The van der Waals surface area contributed by atoms with Crippen LogP contribution in [0.3, 0.4) is 0 Å². The van der Waals surface area contributed by atoms with Gasteiger partial charge in [-0.3, -0.25) is 0 Å². The van der Waals surface area contributed by atoms with Crippen molar-refractivity contribution in [1.82, 2.24) is 4.72 Å². The highest BCUT2D eigenvalue weighted by atomic mass is 32.2. The van der Waals surface area contributed by atoms with Crippen molar-refractivity contribution in [2.24, 2.45) is 0 Å². The molecule has 0 saturated heterocycles. The van der Waals surface area contributed by atoms with E-state index < -0.39 is 34.6 Å². The van der Waals surface area contributed by atoms with Gasteiger partial charge in [-0.15, -0.1) is 0 Å². The Labute approximate surface area is 121 Å². The first-order chi connectivity index (χ1) is 9.81. The number of ether oxygens (including phenoxy) is 2. The van der Waals surface area contributed by atoms with E-state index in [1.54, 1.807) is 0 Å². The van der Waals surface area contributed by atoms with Gasteiger partial charge in [0, 0.05) is 13.7 Å². The van der Waals surface area contributed by atoms with E-state index in [1.807, 2.05) is 0 Å². The van der Waals surface area contributed by atoms with Crippen LogP contribution in [-0.4, -0.2) is 52.3 Å². The Morgan fingerprint density at radius 1 is 1.33 bits per heavy atom. The Morgan fingerprint density at radius 2 is 2.00 bits per heavy atom. The van der Waals surface area contributed by atoms with Crippen LogP contribution in [0.4, 0.5) is 0 Å². The van der Waals surface area contributed by atoms with Crippen molar-refractivity contribution in [2.45, 2.75) is 11.0 Å². The fraction of sp³-hybridized carbons (Fsp3) is 0.333. The van der Waals surface area contributed by atoms with Crippen molar-refractivity contribution >= 4 is 22.0 Å². The van der Waals surface area contributed by atoms with Gasteiger partial charge in [-0.1, -0.05) is 6.07 Å². The second kappa shape index (κ2) is 7.16. The molecule has 0 saturated carbocycles. The highest BCUT2D eigenvalue weighted by Gasteiger charge is 2.22. The van der Waals surface area contributed by atoms with Crippen molar-refractivity contribution in [3.8, 4) is 0 Å². The quantitative estimate of drug-likeness (QED) is 0.671. The van der Waals surface area contributed by atoms with Gasteiger partial charge in [0.1, 0.15) is 0 Å². The minimum Gasteiger partial charge on any atom is -0.479 e. The summed E-state index contributed by atoms with van der Waals surface area (Å²) in [6.45, 7) is -0.434. The van der Waals surface area contributed by atoms with Crippen molar-refractivity contribution < 1.29 is 32.6 Å². The van der Waals surface area contributed by atoms with Gasteiger partial charge >= 0.3 is 11.9 Å². The predicted octanol–water partition coefficient (Wildman–Crippen LogP) is -0.149. The molecule has 0 bridgehead atoms. The summed E-state index contributed by atoms with van der Waals surface area (Å²) in [6.07, 6.45) is -1.30. The lowest BCUT2D eigenvalue weighted by Crippen LogP contribution is -2.37. The number of carboxylic acid groups (broad SMARTS) is 1. The van der Waals surface area contributed by atoms with Crippen LogP contribution in [0.1, 0.15) is 10.4 Å². The minimum atomic E-state index is -3.96. The first-order valence-electron chi connectivity index (χ1n) is 5.75. The predicted molar refractivity (Wildman–Crippen MR) is 71.4 cm³/mol. The summed E-state index contributed by atoms with van der Waals surface area (Å²) in [7, 11) is -1.63. The first-order valence-corrected chi connectivity index (χ1v) is 7.23. The van der Waals surface area contributed by atoms with Gasteiger partial charge < -0.3 is 14.6 Å². The molecule has 1 rings (SSSR count). The van der Waals surface area contributed by atoms with E-state index in [9.17, 15) is 18.0 Å². The van der Waals surface area contributed by atoms with Crippen molar-refractivity contribution in [1.29, 1.82) is 0 Å². The molecule has 0 radical (unpaired) electrons. The van der Waals surface area contributed by atoms with Crippen molar-refractivity contribution in [3.05, 3.63) is 29.8 Å². The van der Waals surface area contributed by atoms with Crippen LogP contribution in [0.5, 0.6) is 0 Å². The second-order valence-electron chi connectivity index (χ2n) is 3.93. The Morgan fingerprint density at radius 3 is 2.52 bits per heavy atom. The summed E-state index contributed by atoms with van der Waals surface area (Å²) < 4.78 is 35.3. The summed E-state index contributed by atoms with van der Waals surface area (Å²) in [5, 5.41) is 8.77. The smallest absolute Gasteiger partial charge is 0.337 e. The first kappa shape index (κ1) is 17.1. The Balaban J connectivity index is 2.93. The maximum Gasteiger partial charge on any atom is 0.337 e. The third-order valence-electron chi connectivity index (χ3n) is 2.58. The molecule has 0 amide bonds. The van der Waals surface area contributed by atoms with Gasteiger partial charge in [0.15, 0.2) is 6.10 Å². The SMILES string of the molecule is COC(=O)c1cccc(S(=O)(=O)NCC(OC)C(=O)O)c1. The molecular formula is C12H15NO7S. The highest BCUT2D eigenvalue weighted by molar-refractivity contribution is 7.89. The average Bonchev–Trinajstić information content (AvgIpc) is 2.46. The molecule has 1 atom stereocenters. The fourth-order valence-electron chi connectivity index (χ4n) is 1.45. The monoisotopic (exact) mass is 317 g/mol. The van der Waals surface area contributed by atoms with Gasteiger partial charge in [-0.25, -0.2) is 22.7 Å². The molecule has 0 aliphatic carbocycles. The number of sulfonamides is 1. The molecule has 2 N–H and O–H groups in total. The molecule has 9 heteroatoms. The van der Waals surface area contributed by atoms with Crippen LogP contribution < -0.4 is 4.72 Å². The molecule has 1 unspecified atom stereocenters. The molecule has 8 nitrogen and oxygen atoms in total. The van der Waals surface area contributed by atoms with Gasteiger partial charge in [-0.05, 0) is 18.2 Å². The van der Waals surface area contributed by atoms with Gasteiger partial charge in [0.05, 0.1) is 17.6 Å². The normalized spacial score (nSPS) is 12.7. The van der Waals surface area contributed by atoms with E-state index in [4.69, 9.17) is 5.11 Å². The van der Waals surface area contributed by atoms with E-state index >= 15 is 0 Å². The number of carboxylic acids is 1. The van der Waals surface area contributed by atoms with Gasteiger partial charge in [-0.2, -0.15) is 0 Å². The zero-order valence-corrected chi connectivity index (χ0v) is 12.2. The van der Waals surface area contributed by atoms with E-state index in [0.717, 1.165) is 13.2 Å². The number of nitrogens with one attached hydrogen (secondary N) is 1. The number of esters is 1. The fourth-order valence-corrected chi connectivity index (χ4v) is 2.53. The van der Waals surface area contributed by atoms with Gasteiger partial charge in [0.25, 0.3) is 0 Å². The van der Waals surface area contributed by atoms with Crippen LogP contribution >= 0.6 is 0 Å². The molecule has 1 aromatic carbocycles. The number of aliphatic carboxylic acids is 1. The second-order valence-corrected chi connectivity index (χ2v) is 5.70. The highest BCUT2D eigenvalue weighted by Crippen LogP contribution is 2.12. The average molecular weight is 317 g/mol. The number of benzene rings is 1.